The number of aromatic nitrogens is 2. The van der Waals surface area contributed by atoms with Crippen molar-refractivity contribution in [1.82, 2.24) is 15.1 Å². The molecule has 102 valence electrons. The molecule has 1 aromatic carbocycles. The maximum atomic E-state index is 6.35. The molecular weight excluding hydrogens is 281 g/mol. The van der Waals surface area contributed by atoms with E-state index in [4.69, 9.17) is 23.2 Å². The topological polar surface area (TPSA) is 29.9 Å². The van der Waals surface area contributed by atoms with Crippen LogP contribution in [0.1, 0.15) is 31.9 Å². The summed E-state index contributed by atoms with van der Waals surface area (Å²) < 4.78 is 1.71. The van der Waals surface area contributed by atoms with Crippen LogP contribution in [0.3, 0.4) is 0 Å². The van der Waals surface area contributed by atoms with E-state index in [0.717, 1.165) is 29.2 Å². The van der Waals surface area contributed by atoms with Crippen molar-refractivity contribution in [3.05, 3.63) is 46.2 Å². The van der Waals surface area contributed by atoms with Crippen LogP contribution in [-0.4, -0.2) is 16.3 Å². The number of rotatable bonds is 5. The van der Waals surface area contributed by atoms with Crippen LogP contribution in [0.15, 0.2) is 30.6 Å². The van der Waals surface area contributed by atoms with E-state index in [1.165, 1.54) is 0 Å². The maximum absolute atomic E-state index is 6.35. The first-order valence-corrected chi connectivity index (χ1v) is 7.10. The number of nitrogens with zero attached hydrogens (tertiary/aromatic N) is 2. The average molecular weight is 298 g/mol. The van der Waals surface area contributed by atoms with Crippen LogP contribution in [-0.2, 0) is 0 Å². The monoisotopic (exact) mass is 297 g/mol. The lowest BCUT2D eigenvalue weighted by Crippen LogP contribution is -2.19. The second-order valence-electron chi connectivity index (χ2n) is 4.48. The first-order valence-electron chi connectivity index (χ1n) is 6.35. The molecule has 0 radical (unpaired) electrons. The molecule has 3 nitrogen and oxygen atoms in total. The third kappa shape index (κ3) is 3.50. The lowest BCUT2D eigenvalue weighted by atomic mass is 10.1. The number of hydrogen-bond donors (Lipinski definition) is 1. The quantitative estimate of drug-likeness (QED) is 0.894. The zero-order valence-corrected chi connectivity index (χ0v) is 12.5. The van der Waals surface area contributed by atoms with Crippen molar-refractivity contribution in [3.63, 3.8) is 0 Å². The van der Waals surface area contributed by atoms with Gasteiger partial charge in [0.05, 0.1) is 16.9 Å². The molecule has 19 heavy (non-hydrogen) atoms. The van der Waals surface area contributed by atoms with Crippen LogP contribution in [0.2, 0.25) is 10.0 Å². The molecule has 0 aliphatic carbocycles. The van der Waals surface area contributed by atoms with Gasteiger partial charge >= 0.3 is 0 Å². The van der Waals surface area contributed by atoms with Crippen LogP contribution < -0.4 is 5.32 Å². The standard InChI is InChI=1S/C14H17Cl2N3/c1-3-6-17-10(2)13-5-4-12(7-14(13)16)19-9-11(15)8-18-19/h4-5,7-10,17H,3,6H2,1-2H3. The van der Waals surface area contributed by atoms with E-state index in [0.29, 0.717) is 5.02 Å². The van der Waals surface area contributed by atoms with Crippen LogP contribution in [0, 0.1) is 0 Å². The molecule has 0 bridgehead atoms. The van der Waals surface area contributed by atoms with E-state index in [1.807, 2.05) is 18.2 Å². The Bertz CT molecular complexity index is 551. The minimum absolute atomic E-state index is 0.239. The maximum Gasteiger partial charge on any atom is 0.0790 e. The SMILES string of the molecule is CCCNC(C)c1ccc(-n2cc(Cl)cn2)cc1Cl. The van der Waals surface area contributed by atoms with Crippen molar-refractivity contribution in [1.29, 1.82) is 0 Å². The summed E-state index contributed by atoms with van der Waals surface area (Å²) in [5.41, 5.74) is 2.00. The summed E-state index contributed by atoms with van der Waals surface area (Å²) in [5, 5.41) is 8.93. The van der Waals surface area contributed by atoms with Crippen LogP contribution in [0.4, 0.5) is 0 Å². The van der Waals surface area contributed by atoms with Gasteiger partial charge in [0.2, 0.25) is 0 Å². The van der Waals surface area contributed by atoms with Gasteiger partial charge in [-0.1, -0.05) is 36.2 Å². The summed E-state index contributed by atoms with van der Waals surface area (Å²) in [6.45, 7) is 5.24. The predicted molar refractivity (Wildman–Crippen MR) is 80.3 cm³/mol. The smallest absolute Gasteiger partial charge is 0.0790 e. The van der Waals surface area contributed by atoms with E-state index in [1.54, 1.807) is 17.1 Å². The molecule has 2 aromatic rings. The second-order valence-corrected chi connectivity index (χ2v) is 5.33. The van der Waals surface area contributed by atoms with Gasteiger partial charge in [-0.25, -0.2) is 4.68 Å². The Morgan fingerprint density at radius 2 is 2.16 bits per heavy atom. The fraction of sp³-hybridized carbons (Fsp3) is 0.357. The summed E-state index contributed by atoms with van der Waals surface area (Å²) in [6, 6.07) is 6.17. The molecule has 1 aromatic heterocycles. The molecule has 0 amide bonds. The Labute approximate surface area is 123 Å². The van der Waals surface area contributed by atoms with Crippen molar-refractivity contribution in [3.8, 4) is 5.69 Å². The highest BCUT2D eigenvalue weighted by Gasteiger charge is 2.10. The summed E-state index contributed by atoms with van der Waals surface area (Å²) >= 11 is 12.2. The molecule has 0 aliphatic rings. The summed E-state index contributed by atoms with van der Waals surface area (Å²) in [6.07, 6.45) is 4.46. The highest BCUT2D eigenvalue weighted by Crippen LogP contribution is 2.25. The van der Waals surface area contributed by atoms with Gasteiger partial charge in [-0.2, -0.15) is 5.10 Å². The minimum atomic E-state index is 0.239. The van der Waals surface area contributed by atoms with E-state index in [9.17, 15) is 0 Å². The lowest BCUT2D eigenvalue weighted by molar-refractivity contribution is 0.571. The van der Waals surface area contributed by atoms with Gasteiger partial charge in [-0.15, -0.1) is 0 Å². The highest BCUT2D eigenvalue weighted by atomic mass is 35.5. The molecule has 5 heteroatoms. The Hall–Kier alpha value is -1.03. The second kappa shape index (κ2) is 6.42. The van der Waals surface area contributed by atoms with Gasteiger partial charge < -0.3 is 5.32 Å². The van der Waals surface area contributed by atoms with Crippen LogP contribution >= 0.6 is 23.2 Å². The fourth-order valence-corrected chi connectivity index (χ4v) is 2.40. The molecule has 0 aliphatic heterocycles. The fourth-order valence-electron chi connectivity index (χ4n) is 1.92. The zero-order chi connectivity index (χ0) is 13.8. The van der Waals surface area contributed by atoms with Gasteiger partial charge in [0.1, 0.15) is 0 Å². The highest BCUT2D eigenvalue weighted by molar-refractivity contribution is 6.31. The lowest BCUT2D eigenvalue weighted by Gasteiger charge is -2.16. The first kappa shape index (κ1) is 14.4. The van der Waals surface area contributed by atoms with E-state index in [2.05, 4.69) is 24.3 Å². The molecule has 0 saturated heterocycles. The largest absolute Gasteiger partial charge is 0.310 e. The molecule has 2 rings (SSSR count). The summed E-state index contributed by atoms with van der Waals surface area (Å²) in [5.74, 6) is 0. The molecule has 1 atom stereocenters. The molecule has 1 unspecified atom stereocenters. The van der Waals surface area contributed by atoms with E-state index >= 15 is 0 Å². The first-order chi connectivity index (χ1) is 9.11. The van der Waals surface area contributed by atoms with Gasteiger partial charge in [0.25, 0.3) is 0 Å². The molecule has 0 spiro atoms. The summed E-state index contributed by atoms with van der Waals surface area (Å²) in [7, 11) is 0. The third-order valence-corrected chi connectivity index (χ3v) is 3.49. The van der Waals surface area contributed by atoms with Crippen molar-refractivity contribution >= 4 is 23.2 Å². The van der Waals surface area contributed by atoms with Gasteiger partial charge in [0, 0.05) is 17.3 Å². The Morgan fingerprint density at radius 1 is 1.37 bits per heavy atom. The van der Waals surface area contributed by atoms with Crippen molar-refractivity contribution in [2.75, 3.05) is 6.54 Å². The van der Waals surface area contributed by atoms with Gasteiger partial charge in [0.15, 0.2) is 0 Å². The third-order valence-electron chi connectivity index (χ3n) is 2.97. The molecule has 1 N–H and O–H groups in total. The molecular formula is C14H17Cl2N3. The van der Waals surface area contributed by atoms with E-state index < -0.39 is 0 Å². The van der Waals surface area contributed by atoms with Crippen molar-refractivity contribution in [2.24, 2.45) is 0 Å². The minimum Gasteiger partial charge on any atom is -0.310 e. The molecule has 0 saturated carbocycles. The Kier molecular flexibility index (Phi) is 4.86. The summed E-state index contributed by atoms with van der Waals surface area (Å²) in [4.78, 5) is 0. The normalized spacial score (nSPS) is 12.6. The molecule has 0 fully saturated rings. The average Bonchev–Trinajstić information content (AvgIpc) is 2.82. The Balaban J connectivity index is 2.21. The van der Waals surface area contributed by atoms with Gasteiger partial charge in [-0.05, 0) is 37.6 Å². The number of hydrogen-bond acceptors (Lipinski definition) is 2. The number of benzene rings is 1. The molecule has 1 heterocycles. The van der Waals surface area contributed by atoms with Crippen LogP contribution in [0.25, 0.3) is 5.69 Å². The predicted octanol–water partition coefficient (Wildman–Crippen LogP) is 4.24. The number of halogens is 2. The van der Waals surface area contributed by atoms with Crippen molar-refractivity contribution < 1.29 is 0 Å². The van der Waals surface area contributed by atoms with Crippen LogP contribution in [0.5, 0.6) is 0 Å². The Morgan fingerprint density at radius 3 is 2.74 bits per heavy atom. The number of nitrogens with one attached hydrogen (secondary N) is 1. The zero-order valence-electron chi connectivity index (χ0n) is 11.0. The van der Waals surface area contributed by atoms with Crippen molar-refractivity contribution in [2.45, 2.75) is 26.3 Å². The van der Waals surface area contributed by atoms with E-state index in [-0.39, 0.29) is 6.04 Å². The van der Waals surface area contributed by atoms with Gasteiger partial charge in [-0.3, -0.25) is 0 Å².